The Bertz CT molecular complexity index is 1110. The minimum absolute atomic E-state index is 0.0711. The van der Waals surface area contributed by atoms with Crippen LogP contribution >= 0.6 is 0 Å². The van der Waals surface area contributed by atoms with Crippen molar-refractivity contribution in [3.05, 3.63) is 35.5 Å². The van der Waals surface area contributed by atoms with Gasteiger partial charge in [-0.3, -0.25) is 24.6 Å². The second-order valence-electron chi connectivity index (χ2n) is 9.74. The summed E-state index contributed by atoms with van der Waals surface area (Å²) in [7, 11) is 0. The molecule has 1 aromatic carbocycles. The van der Waals surface area contributed by atoms with E-state index in [1.54, 1.807) is 11.0 Å². The first-order chi connectivity index (χ1) is 16.4. The van der Waals surface area contributed by atoms with Gasteiger partial charge < -0.3 is 9.64 Å². The normalized spacial score (nSPS) is 23.5. The van der Waals surface area contributed by atoms with Crippen LogP contribution in [0.4, 0.5) is 0 Å². The topological polar surface area (TPSA) is 110 Å². The Morgan fingerprint density at radius 3 is 2.88 bits per heavy atom. The average molecular weight is 467 g/mol. The number of nitrogens with zero attached hydrogens (tertiary/aromatic N) is 5. The number of morpholine rings is 1. The third kappa shape index (κ3) is 4.60. The molecule has 0 radical (unpaired) electrons. The number of imide groups is 1. The average Bonchev–Trinajstić information content (AvgIpc) is 3.38. The lowest BCUT2D eigenvalue weighted by molar-refractivity contribution is -0.136. The largest absolute Gasteiger partial charge is 0.374 e. The maximum Gasteiger partial charge on any atom is 0.255 e. The van der Waals surface area contributed by atoms with Crippen molar-refractivity contribution in [3.63, 3.8) is 0 Å². The van der Waals surface area contributed by atoms with E-state index in [-0.39, 0.29) is 24.3 Å². The third-order valence-electron chi connectivity index (χ3n) is 6.59. The molecule has 3 aliphatic rings. The molecule has 10 heteroatoms. The molecule has 2 saturated heterocycles. The van der Waals surface area contributed by atoms with Crippen molar-refractivity contribution in [3.8, 4) is 11.3 Å². The van der Waals surface area contributed by atoms with E-state index in [0.29, 0.717) is 31.0 Å². The SMILES string of the molecule is CC(C)CN1CCOC(Cn2cc(-c3ccc4c(c3)CN(C3CCC(=O)NC3=O)C4=O)nn2)C1. The zero-order chi connectivity index (χ0) is 23.8. The minimum Gasteiger partial charge on any atom is -0.374 e. The first kappa shape index (κ1) is 22.7. The molecule has 5 rings (SSSR count). The number of amides is 3. The van der Waals surface area contributed by atoms with E-state index in [1.807, 2.05) is 23.0 Å². The number of fused-ring (bicyclic) bond motifs is 1. The second kappa shape index (κ2) is 9.27. The molecular weight excluding hydrogens is 436 g/mol. The highest BCUT2D eigenvalue weighted by Gasteiger charge is 2.39. The van der Waals surface area contributed by atoms with Gasteiger partial charge in [0.05, 0.1) is 25.5 Å². The van der Waals surface area contributed by atoms with E-state index in [1.165, 1.54) is 0 Å². The first-order valence-electron chi connectivity index (χ1n) is 11.9. The number of benzene rings is 1. The van der Waals surface area contributed by atoms with E-state index >= 15 is 0 Å². The molecule has 3 aliphatic heterocycles. The van der Waals surface area contributed by atoms with Gasteiger partial charge in [-0.05, 0) is 30.0 Å². The molecule has 2 fully saturated rings. The fraction of sp³-hybridized carbons (Fsp3) is 0.542. The Morgan fingerprint density at radius 1 is 1.24 bits per heavy atom. The van der Waals surface area contributed by atoms with Gasteiger partial charge in [0.2, 0.25) is 11.8 Å². The molecule has 0 aliphatic carbocycles. The van der Waals surface area contributed by atoms with Crippen LogP contribution in [0, 0.1) is 5.92 Å². The van der Waals surface area contributed by atoms with Crippen LogP contribution in [-0.4, -0.2) is 80.9 Å². The summed E-state index contributed by atoms with van der Waals surface area (Å²) in [5, 5.41) is 11.0. The Labute approximate surface area is 198 Å². The Balaban J connectivity index is 1.26. The highest BCUT2D eigenvalue weighted by Crippen LogP contribution is 2.30. The fourth-order valence-corrected chi connectivity index (χ4v) is 5.04. The van der Waals surface area contributed by atoms with Gasteiger partial charge in [-0.1, -0.05) is 25.1 Å². The highest BCUT2D eigenvalue weighted by molar-refractivity contribution is 6.05. The van der Waals surface area contributed by atoms with Gasteiger partial charge in [0, 0.05) is 43.7 Å². The van der Waals surface area contributed by atoms with Gasteiger partial charge >= 0.3 is 0 Å². The van der Waals surface area contributed by atoms with Crippen LogP contribution in [0.5, 0.6) is 0 Å². The summed E-state index contributed by atoms with van der Waals surface area (Å²) in [4.78, 5) is 40.6. The van der Waals surface area contributed by atoms with Crippen LogP contribution < -0.4 is 5.32 Å². The van der Waals surface area contributed by atoms with Crippen LogP contribution in [0.1, 0.15) is 42.6 Å². The summed E-state index contributed by atoms with van der Waals surface area (Å²) < 4.78 is 7.75. The van der Waals surface area contributed by atoms with Crippen LogP contribution in [0.25, 0.3) is 11.3 Å². The van der Waals surface area contributed by atoms with Crippen molar-refractivity contribution in [2.24, 2.45) is 5.92 Å². The van der Waals surface area contributed by atoms with Crippen molar-refractivity contribution in [1.29, 1.82) is 0 Å². The quantitative estimate of drug-likeness (QED) is 0.634. The Hall–Kier alpha value is -3.11. The molecule has 3 amide bonds. The zero-order valence-electron chi connectivity index (χ0n) is 19.6. The highest BCUT2D eigenvalue weighted by atomic mass is 16.5. The van der Waals surface area contributed by atoms with Crippen LogP contribution in [0.3, 0.4) is 0 Å². The van der Waals surface area contributed by atoms with Crippen molar-refractivity contribution >= 4 is 17.7 Å². The number of hydrogen-bond donors (Lipinski definition) is 1. The number of carbonyl (C=O) groups excluding carboxylic acids is 3. The summed E-state index contributed by atoms with van der Waals surface area (Å²) in [5.74, 6) is -0.256. The zero-order valence-corrected chi connectivity index (χ0v) is 19.6. The fourth-order valence-electron chi connectivity index (χ4n) is 5.04. The standard InChI is InChI=1S/C24H30N6O4/c1-15(2)10-28-7-8-34-18(12-28)13-29-14-20(26-27-29)16-3-4-19-17(9-16)11-30(24(19)33)21-5-6-22(31)25-23(21)32/h3-4,9,14-15,18,21H,5-8,10-13H2,1-2H3,(H,25,31,32). The van der Waals surface area contributed by atoms with Gasteiger partial charge in [0.1, 0.15) is 11.7 Å². The predicted molar refractivity (Wildman–Crippen MR) is 123 cm³/mol. The van der Waals surface area contributed by atoms with Crippen molar-refractivity contribution in [1.82, 2.24) is 30.1 Å². The van der Waals surface area contributed by atoms with E-state index in [2.05, 4.69) is 34.4 Å². The molecule has 2 unspecified atom stereocenters. The molecule has 2 aromatic rings. The van der Waals surface area contributed by atoms with Crippen LogP contribution in [-0.2, 0) is 27.4 Å². The molecule has 180 valence electrons. The summed E-state index contributed by atoms with van der Waals surface area (Å²) in [6.45, 7) is 9.04. The van der Waals surface area contributed by atoms with E-state index in [9.17, 15) is 14.4 Å². The maximum absolute atomic E-state index is 12.9. The molecule has 10 nitrogen and oxygen atoms in total. The lowest BCUT2D eigenvalue weighted by Crippen LogP contribution is -2.52. The van der Waals surface area contributed by atoms with Gasteiger partial charge in [0.15, 0.2) is 0 Å². The lowest BCUT2D eigenvalue weighted by Gasteiger charge is -2.33. The molecule has 0 spiro atoms. The monoisotopic (exact) mass is 466 g/mol. The summed E-state index contributed by atoms with van der Waals surface area (Å²) in [5.41, 5.74) is 3.03. The molecule has 34 heavy (non-hydrogen) atoms. The number of aromatic nitrogens is 3. The number of carbonyl (C=O) groups is 3. The predicted octanol–water partition coefficient (Wildman–Crippen LogP) is 1.06. The van der Waals surface area contributed by atoms with Gasteiger partial charge in [0.25, 0.3) is 5.91 Å². The molecular formula is C24H30N6O4. The smallest absolute Gasteiger partial charge is 0.255 e. The number of piperidine rings is 1. The third-order valence-corrected chi connectivity index (χ3v) is 6.59. The Kier molecular flexibility index (Phi) is 6.18. The lowest BCUT2D eigenvalue weighted by atomic mass is 10.0. The van der Waals surface area contributed by atoms with Gasteiger partial charge in [-0.2, -0.15) is 0 Å². The number of nitrogens with one attached hydrogen (secondary N) is 1. The number of ether oxygens (including phenoxy) is 1. The maximum atomic E-state index is 12.9. The van der Waals surface area contributed by atoms with E-state index in [0.717, 1.165) is 43.1 Å². The van der Waals surface area contributed by atoms with Crippen molar-refractivity contribution in [2.45, 2.75) is 51.9 Å². The molecule has 2 atom stereocenters. The summed E-state index contributed by atoms with van der Waals surface area (Å²) in [6.07, 6.45) is 2.57. The molecule has 4 heterocycles. The second-order valence-corrected chi connectivity index (χ2v) is 9.74. The number of hydrogen-bond acceptors (Lipinski definition) is 7. The summed E-state index contributed by atoms with van der Waals surface area (Å²) in [6, 6.07) is 4.97. The Morgan fingerprint density at radius 2 is 2.09 bits per heavy atom. The van der Waals surface area contributed by atoms with E-state index < -0.39 is 11.9 Å². The van der Waals surface area contributed by atoms with Gasteiger partial charge in [-0.15, -0.1) is 5.10 Å². The minimum atomic E-state index is -0.618. The number of rotatable bonds is 6. The molecule has 1 aromatic heterocycles. The molecule has 1 N–H and O–H groups in total. The van der Waals surface area contributed by atoms with Crippen molar-refractivity contribution < 1.29 is 19.1 Å². The van der Waals surface area contributed by atoms with E-state index in [4.69, 9.17) is 4.74 Å². The van der Waals surface area contributed by atoms with Gasteiger partial charge in [-0.25, -0.2) is 4.68 Å². The summed E-state index contributed by atoms with van der Waals surface area (Å²) >= 11 is 0. The van der Waals surface area contributed by atoms with Crippen LogP contribution in [0.2, 0.25) is 0 Å². The molecule has 0 saturated carbocycles. The first-order valence-corrected chi connectivity index (χ1v) is 11.9. The molecule has 0 bridgehead atoms. The van der Waals surface area contributed by atoms with Crippen LogP contribution in [0.15, 0.2) is 24.4 Å². The van der Waals surface area contributed by atoms with Crippen molar-refractivity contribution in [2.75, 3.05) is 26.2 Å².